The fraction of sp³-hybridized carbons (Fsp3) is 0.467. The summed E-state index contributed by atoms with van der Waals surface area (Å²) in [6.45, 7) is 4.73. The van der Waals surface area contributed by atoms with Crippen molar-refractivity contribution in [3.8, 4) is 0 Å². The van der Waals surface area contributed by atoms with E-state index in [0.717, 1.165) is 11.4 Å². The van der Waals surface area contributed by atoms with Crippen molar-refractivity contribution < 1.29 is 14.0 Å². The van der Waals surface area contributed by atoms with Crippen molar-refractivity contribution in [2.24, 2.45) is 0 Å². The van der Waals surface area contributed by atoms with Gasteiger partial charge in [-0.2, -0.15) is 0 Å². The SMILES string of the molecule is CCc1nnc(NC(=O)CN2CCN(C(=O)c3ccco3)CC2)s1. The summed E-state index contributed by atoms with van der Waals surface area (Å²) < 4.78 is 5.14. The van der Waals surface area contributed by atoms with Crippen LogP contribution in [0.1, 0.15) is 22.5 Å². The highest BCUT2D eigenvalue weighted by Crippen LogP contribution is 2.15. The molecule has 0 atom stereocenters. The number of amides is 2. The summed E-state index contributed by atoms with van der Waals surface area (Å²) in [4.78, 5) is 28.0. The first-order chi connectivity index (χ1) is 11.7. The van der Waals surface area contributed by atoms with Gasteiger partial charge in [0, 0.05) is 26.2 Å². The van der Waals surface area contributed by atoms with Crippen molar-refractivity contribution in [3.63, 3.8) is 0 Å². The second-order valence-electron chi connectivity index (χ2n) is 5.45. The second kappa shape index (κ2) is 7.54. The van der Waals surface area contributed by atoms with Crippen LogP contribution in [0.2, 0.25) is 0 Å². The first kappa shape index (κ1) is 16.6. The number of nitrogens with zero attached hydrogens (tertiary/aromatic N) is 4. The largest absolute Gasteiger partial charge is 0.459 e. The number of anilines is 1. The summed E-state index contributed by atoms with van der Waals surface area (Å²) in [7, 11) is 0. The van der Waals surface area contributed by atoms with Crippen molar-refractivity contribution in [1.29, 1.82) is 0 Å². The maximum atomic E-state index is 12.2. The number of carbonyl (C=O) groups is 2. The highest BCUT2D eigenvalue weighted by molar-refractivity contribution is 7.15. The molecule has 2 aromatic heterocycles. The molecule has 2 amide bonds. The maximum absolute atomic E-state index is 12.2. The quantitative estimate of drug-likeness (QED) is 0.869. The van der Waals surface area contributed by atoms with E-state index in [4.69, 9.17) is 4.42 Å². The molecule has 3 rings (SSSR count). The first-order valence-corrected chi connectivity index (χ1v) is 8.64. The second-order valence-corrected chi connectivity index (χ2v) is 6.51. The summed E-state index contributed by atoms with van der Waals surface area (Å²) in [5.74, 6) is 0.133. The number of nitrogens with one attached hydrogen (secondary N) is 1. The molecule has 0 saturated carbocycles. The summed E-state index contributed by atoms with van der Waals surface area (Å²) in [6.07, 6.45) is 2.30. The number of hydrogen-bond donors (Lipinski definition) is 1. The number of rotatable bonds is 5. The Morgan fingerprint density at radius 1 is 1.29 bits per heavy atom. The van der Waals surface area contributed by atoms with Gasteiger partial charge >= 0.3 is 0 Å². The van der Waals surface area contributed by atoms with Gasteiger partial charge in [-0.15, -0.1) is 10.2 Å². The third-order valence-corrected chi connectivity index (χ3v) is 4.76. The fourth-order valence-electron chi connectivity index (χ4n) is 2.47. The highest BCUT2D eigenvalue weighted by atomic mass is 32.1. The average Bonchev–Trinajstić information content (AvgIpc) is 3.26. The van der Waals surface area contributed by atoms with Gasteiger partial charge in [0.15, 0.2) is 5.76 Å². The van der Waals surface area contributed by atoms with Crippen LogP contribution in [0.5, 0.6) is 0 Å². The standard InChI is InChI=1S/C15H19N5O3S/c1-2-13-17-18-15(24-13)16-12(21)10-19-5-7-20(8-6-19)14(22)11-4-3-9-23-11/h3-4,9H,2,5-8,10H2,1H3,(H,16,18,21). The lowest BCUT2D eigenvalue weighted by atomic mass is 10.3. The van der Waals surface area contributed by atoms with E-state index in [1.165, 1.54) is 17.6 Å². The van der Waals surface area contributed by atoms with Gasteiger partial charge < -0.3 is 9.32 Å². The number of aromatic nitrogens is 2. The normalized spacial score (nSPS) is 15.5. The summed E-state index contributed by atoms with van der Waals surface area (Å²) >= 11 is 1.39. The molecule has 1 aliphatic rings. The van der Waals surface area contributed by atoms with Gasteiger partial charge in [-0.25, -0.2) is 0 Å². The van der Waals surface area contributed by atoms with Gasteiger partial charge in [-0.1, -0.05) is 18.3 Å². The van der Waals surface area contributed by atoms with Crippen LogP contribution in [-0.4, -0.2) is 64.5 Å². The fourth-order valence-corrected chi connectivity index (χ4v) is 3.17. The maximum Gasteiger partial charge on any atom is 0.289 e. The lowest BCUT2D eigenvalue weighted by molar-refractivity contribution is -0.117. The van der Waals surface area contributed by atoms with Crippen molar-refractivity contribution in [3.05, 3.63) is 29.2 Å². The van der Waals surface area contributed by atoms with E-state index in [1.807, 2.05) is 11.8 Å². The Bertz CT molecular complexity index is 692. The Morgan fingerprint density at radius 3 is 2.71 bits per heavy atom. The summed E-state index contributed by atoms with van der Waals surface area (Å²) in [6, 6.07) is 3.36. The predicted molar refractivity (Wildman–Crippen MR) is 89.0 cm³/mol. The molecule has 3 heterocycles. The van der Waals surface area contributed by atoms with Gasteiger partial charge in [0.2, 0.25) is 11.0 Å². The lowest BCUT2D eigenvalue weighted by Crippen LogP contribution is -2.50. The average molecular weight is 349 g/mol. The molecule has 1 fully saturated rings. The van der Waals surface area contributed by atoms with E-state index in [-0.39, 0.29) is 18.4 Å². The highest BCUT2D eigenvalue weighted by Gasteiger charge is 2.24. The van der Waals surface area contributed by atoms with Gasteiger partial charge in [0.25, 0.3) is 5.91 Å². The predicted octanol–water partition coefficient (Wildman–Crippen LogP) is 1.09. The third kappa shape index (κ3) is 3.98. The number of aryl methyl sites for hydroxylation is 1. The van der Waals surface area contributed by atoms with E-state index in [9.17, 15) is 9.59 Å². The topological polar surface area (TPSA) is 91.6 Å². The molecule has 9 heteroatoms. The van der Waals surface area contributed by atoms with Crippen molar-refractivity contribution in [2.75, 3.05) is 38.0 Å². The zero-order valence-electron chi connectivity index (χ0n) is 13.4. The zero-order chi connectivity index (χ0) is 16.9. The molecular weight excluding hydrogens is 330 g/mol. The van der Waals surface area contributed by atoms with Crippen molar-refractivity contribution in [1.82, 2.24) is 20.0 Å². The van der Waals surface area contributed by atoms with E-state index < -0.39 is 0 Å². The monoisotopic (exact) mass is 349 g/mol. The molecule has 0 spiro atoms. The molecule has 1 N–H and O–H groups in total. The van der Waals surface area contributed by atoms with Gasteiger partial charge in [-0.3, -0.25) is 19.8 Å². The molecule has 8 nitrogen and oxygen atoms in total. The first-order valence-electron chi connectivity index (χ1n) is 7.83. The van der Waals surface area contributed by atoms with E-state index in [2.05, 4.69) is 15.5 Å². The van der Waals surface area contributed by atoms with Crippen LogP contribution in [0.3, 0.4) is 0 Å². The lowest BCUT2D eigenvalue weighted by Gasteiger charge is -2.33. The Kier molecular flexibility index (Phi) is 5.21. The van der Waals surface area contributed by atoms with E-state index in [1.54, 1.807) is 17.0 Å². The van der Waals surface area contributed by atoms with E-state index in [0.29, 0.717) is 37.1 Å². The molecule has 0 aliphatic carbocycles. The van der Waals surface area contributed by atoms with Crippen LogP contribution in [0.15, 0.2) is 22.8 Å². The summed E-state index contributed by atoms with van der Waals surface area (Å²) in [5.41, 5.74) is 0. The minimum Gasteiger partial charge on any atom is -0.459 e. The Hall–Kier alpha value is -2.26. The molecule has 2 aromatic rings. The molecule has 0 radical (unpaired) electrons. The van der Waals surface area contributed by atoms with Crippen LogP contribution in [0, 0.1) is 0 Å². The molecule has 128 valence electrons. The number of hydrogen-bond acceptors (Lipinski definition) is 7. The molecule has 1 aliphatic heterocycles. The van der Waals surface area contributed by atoms with Gasteiger partial charge in [0.1, 0.15) is 5.01 Å². The number of carbonyl (C=O) groups excluding carboxylic acids is 2. The van der Waals surface area contributed by atoms with Crippen molar-refractivity contribution >= 4 is 28.3 Å². The number of furan rings is 1. The molecular formula is C15H19N5O3S. The molecule has 0 unspecified atom stereocenters. The Labute approximate surface area is 143 Å². The number of piperazine rings is 1. The van der Waals surface area contributed by atoms with Crippen molar-refractivity contribution in [2.45, 2.75) is 13.3 Å². The minimum atomic E-state index is -0.111. The zero-order valence-corrected chi connectivity index (χ0v) is 14.2. The molecule has 0 aromatic carbocycles. The van der Waals surface area contributed by atoms with Gasteiger partial charge in [0.05, 0.1) is 12.8 Å². The molecule has 24 heavy (non-hydrogen) atoms. The van der Waals surface area contributed by atoms with Crippen LogP contribution in [0.4, 0.5) is 5.13 Å². The molecule has 1 saturated heterocycles. The summed E-state index contributed by atoms with van der Waals surface area (Å²) in [5, 5.41) is 12.1. The minimum absolute atomic E-state index is 0.106. The Morgan fingerprint density at radius 2 is 2.08 bits per heavy atom. The van der Waals surface area contributed by atoms with Crippen LogP contribution < -0.4 is 5.32 Å². The smallest absolute Gasteiger partial charge is 0.289 e. The van der Waals surface area contributed by atoms with Crippen LogP contribution >= 0.6 is 11.3 Å². The van der Waals surface area contributed by atoms with Crippen LogP contribution in [0.25, 0.3) is 0 Å². The van der Waals surface area contributed by atoms with Gasteiger partial charge in [-0.05, 0) is 18.6 Å². The van der Waals surface area contributed by atoms with E-state index >= 15 is 0 Å². The Balaban J connectivity index is 1.45. The van der Waals surface area contributed by atoms with Crippen LogP contribution in [-0.2, 0) is 11.2 Å². The third-order valence-electron chi connectivity index (χ3n) is 3.77. The molecule has 0 bridgehead atoms.